The van der Waals surface area contributed by atoms with Gasteiger partial charge in [0, 0.05) is 148 Å². The van der Waals surface area contributed by atoms with E-state index in [4.69, 9.17) is 9.47 Å². The van der Waals surface area contributed by atoms with Crippen LogP contribution < -0.4 is 35.6 Å². The number of carbonyl (C=O) groups excluding carboxylic acids is 1. The molecule has 2 amide bonds. The lowest BCUT2D eigenvalue weighted by Gasteiger charge is -2.43. The van der Waals surface area contributed by atoms with Crippen LogP contribution in [0.2, 0.25) is 0 Å². The molecule has 99 heavy (non-hydrogen) atoms. The number of hydrogen-bond donors (Lipinski definition) is 4. The normalized spacial score (nSPS) is 18.6. The summed E-state index contributed by atoms with van der Waals surface area (Å²) in [5.74, 6) is 1.54. The average Bonchev–Trinajstić information content (AvgIpc) is 0.864. The Morgan fingerprint density at radius 1 is 0.475 bits per heavy atom. The number of halogens is 1. The van der Waals surface area contributed by atoms with E-state index in [2.05, 4.69) is 225 Å². The second-order valence-corrected chi connectivity index (χ2v) is 30.8. The van der Waals surface area contributed by atoms with Crippen LogP contribution in [0.3, 0.4) is 0 Å². The highest BCUT2D eigenvalue weighted by molar-refractivity contribution is 5.89. The highest BCUT2D eigenvalue weighted by Crippen LogP contribution is 2.32. The largest absolute Gasteiger partial charge is 0.497 e. The molecule has 15 heteroatoms. The first-order valence-electron chi connectivity index (χ1n) is 37.6. The van der Waals surface area contributed by atoms with E-state index in [0.29, 0.717) is 24.3 Å². The number of urea groups is 1. The van der Waals surface area contributed by atoms with E-state index >= 15 is 0 Å². The van der Waals surface area contributed by atoms with E-state index < -0.39 is 0 Å². The van der Waals surface area contributed by atoms with Gasteiger partial charge in [-0.2, -0.15) is 0 Å². The molecule has 3 atom stereocenters. The minimum absolute atomic E-state index is 0.0962. The van der Waals surface area contributed by atoms with Crippen molar-refractivity contribution in [2.24, 2.45) is 0 Å². The zero-order valence-electron chi connectivity index (χ0n) is 62.5. The van der Waals surface area contributed by atoms with Gasteiger partial charge >= 0.3 is 6.03 Å². The van der Waals surface area contributed by atoms with Crippen molar-refractivity contribution >= 4 is 17.4 Å². The molecule has 3 unspecified atom stereocenters. The Labute approximate surface area is 596 Å². The Kier molecular flexibility index (Phi) is 29.9. The second kappa shape index (κ2) is 38.6. The Morgan fingerprint density at radius 2 is 0.838 bits per heavy atom. The third kappa shape index (κ3) is 24.1. The lowest BCUT2D eigenvalue weighted by atomic mass is 9.86. The van der Waals surface area contributed by atoms with Gasteiger partial charge in [-0.1, -0.05) is 165 Å². The number of benzene rings is 6. The third-order valence-electron chi connectivity index (χ3n) is 21.6. The number of anilines is 2. The van der Waals surface area contributed by atoms with Crippen LogP contribution in [0.15, 0.2) is 146 Å². The molecule has 3 heterocycles. The highest BCUT2D eigenvalue weighted by Gasteiger charge is 2.32. The number of likely N-dealkylation sites (N-methyl/N-ethyl adjacent to an activating group) is 1. The molecule has 540 valence electrons. The summed E-state index contributed by atoms with van der Waals surface area (Å²) in [6.07, 6.45) is 16.3. The number of hydrogen-bond acceptors (Lipinski definition) is 12. The maximum atomic E-state index is 13.0. The summed E-state index contributed by atoms with van der Waals surface area (Å²) in [7, 11) is 9.66. The molecule has 2 aliphatic carbocycles. The maximum absolute atomic E-state index is 13.0. The van der Waals surface area contributed by atoms with Gasteiger partial charge in [-0.25, -0.2) is 9.18 Å². The van der Waals surface area contributed by atoms with E-state index in [-0.39, 0.29) is 28.7 Å². The topological polar surface area (TPSA) is 106 Å². The molecule has 6 aromatic carbocycles. The van der Waals surface area contributed by atoms with E-state index in [0.717, 1.165) is 121 Å². The third-order valence-corrected chi connectivity index (χ3v) is 21.6. The summed E-state index contributed by atoms with van der Waals surface area (Å²) >= 11 is 0. The van der Waals surface area contributed by atoms with Gasteiger partial charge in [0.15, 0.2) is 0 Å². The molecule has 11 rings (SSSR count). The lowest BCUT2D eigenvalue weighted by Crippen LogP contribution is -2.52. The van der Waals surface area contributed by atoms with Crippen LogP contribution in [0.5, 0.6) is 11.5 Å². The van der Waals surface area contributed by atoms with Crippen LogP contribution in [-0.2, 0) is 23.7 Å². The van der Waals surface area contributed by atoms with Crippen LogP contribution in [-0.4, -0.2) is 194 Å². The van der Waals surface area contributed by atoms with Gasteiger partial charge in [0.1, 0.15) is 17.3 Å². The average molecular weight is 1350 g/mol. The molecule has 0 spiro atoms. The van der Waals surface area contributed by atoms with Crippen LogP contribution >= 0.6 is 0 Å². The van der Waals surface area contributed by atoms with E-state index in [1.165, 1.54) is 141 Å². The number of piperazine rings is 3. The number of ether oxygens (including phenoxy) is 2. The summed E-state index contributed by atoms with van der Waals surface area (Å²) in [5.41, 5.74) is 11.7. The number of nitrogens with zero attached hydrogens (tertiary/aromatic N) is 7. The maximum Gasteiger partial charge on any atom is 0.319 e. The smallest absolute Gasteiger partial charge is 0.319 e. The Morgan fingerprint density at radius 3 is 1.20 bits per heavy atom. The SMILES string of the molecule is CN1CCN(C(CNC(=O)Nc2ccc(F)cc2)c2ccc(N(C)C)cc2)CC1.COc1ccc(C(CNCCc2ccc(C(C)(C)C)cc2)N2CCN(C3CCCCC3)CC2)cc1.COc1ccc(C(CNCCc2ccc(C(C)(C)C)cc2)N2CCN(C3CCCCC3)CC2)cc1. The number of methoxy groups -OCH3 is 2. The van der Waals surface area contributed by atoms with Crippen molar-refractivity contribution in [3.8, 4) is 11.5 Å². The highest BCUT2D eigenvalue weighted by atomic mass is 19.1. The number of rotatable bonds is 24. The first kappa shape index (κ1) is 76.8. The molecule has 3 saturated heterocycles. The summed E-state index contributed by atoms with van der Waals surface area (Å²) in [6, 6.07) is 52.3. The molecule has 0 radical (unpaired) electrons. The predicted molar refractivity (Wildman–Crippen MR) is 411 cm³/mol. The zero-order chi connectivity index (χ0) is 70.2. The van der Waals surface area contributed by atoms with Gasteiger partial charge in [0.05, 0.1) is 20.3 Å². The molecule has 5 aliphatic rings. The quantitative estimate of drug-likeness (QED) is 0.0434. The Balaban J connectivity index is 0.000000174. The Bertz CT molecular complexity index is 3080. The van der Waals surface area contributed by atoms with E-state index in [1.54, 1.807) is 26.4 Å². The molecular weight excluding hydrogens is 1230 g/mol. The molecule has 6 aromatic rings. The van der Waals surface area contributed by atoms with Crippen LogP contribution in [0.1, 0.15) is 163 Å². The van der Waals surface area contributed by atoms with Gasteiger partial charge in [0.2, 0.25) is 0 Å². The van der Waals surface area contributed by atoms with Crippen molar-refractivity contribution in [3.05, 3.63) is 190 Å². The summed E-state index contributed by atoms with van der Waals surface area (Å²) in [5, 5.41) is 13.3. The standard InChI is InChI=1S/2C31H47N3O.C22H30FN5O/c2*1-31(2,3)27-14-10-25(11-15-27)18-19-32-24-30(26-12-16-29(35-4)17-13-26)34-22-20-33(21-23-34)28-8-6-5-7-9-28;1-26(2)20-10-4-17(5-11-20)21(28-14-12-27(3)13-15-28)16-24-22(29)25-19-8-6-18(23)7-9-19/h2*10-17,28,30,32H,5-9,18-24H2,1-4H3;4-11,21H,12-16H2,1-3H3,(H2,24,25,29). The fraction of sp³-hybridized carbons (Fsp3) is 0.560. The molecule has 14 nitrogen and oxygen atoms in total. The van der Waals surface area contributed by atoms with E-state index in [9.17, 15) is 9.18 Å². The molecule has 5 fully saturated rings. The number of carbonyl (C=O) groups is 1. The molecule has 0 bridgehead atoms. The van der Waals surface area contributed by atoms with Gasteiger partial charge in [0.25, 0.3) is 0 Å². The first-order valence-corrected chi connectivity index (χ1v) is 37.6. The molecule has 0 aromatic heterocycles. The first-order chi connectivity index (χ1) is 47.8. The molecular formula is C84H124FN11O3. The van der Waals surface area contributed by atoms with Crippen molar-refractivity contribution in [2.75, 3.05) is 157 Å². The van der Waals surface area contributed by atoms with Gasteiger partial charge in [-0.05, 0) is 169 Å². The minimum atomic E-state index is -0.327. The monoisotopic (exact) mass is 1350 g/mol. The number of amides is 2. The zero-order valence-corrected chi connectivity index (χ0v) is 62.5. The van der Waals surface area contributed by atoms with Crippen molar-refractivity contribution in [2.45, 2.75) is 160 Å². The molecule has 2 saturated carbocycles. The Hall–Kier alpha value is -6.40. The number of nitrogens with one attached hydrogen (secondary N) is 4. The van der Waals surface area contributed by atoms with Crippen LogP contribution in [0, 0.1) is 5.82 Å². The molecule has 4 N–H and O–H groups in total. The summed E-state index contributed by atoms with van der Waals surface area (Å²) in [4.78, 5) is 30.1. The van der Waals surface area contributed by atoms with Crippen LogP contribution in [0.4, 0.5) is 20.6 Å². The minimum Gasteiger partial charge on any atom is -0.497 e. The van der Waals surface area contributed by atoms with Crippen molar-refractivity contribution in [3.63, 3.8) is 0 Å². The second-order valence-electron chi connectivity index (χ2n) is 30.8. The van der Waals surface area contributed by atoms with Gasteiger partial charge < -0.3 is 40.5 Å². The fourth-order valence-electron chi connectivity index (χ4n) is 15.1. The van der Waals surface area contributed by atoms with Crippen molar-refractivity contribution < 1.29 is 18.7 Å². The van der Waals surface area contributed by atoms with Gasteiger partial charge in [-0.3, -0.25) is 24.5 Å². The van der Waals surface area contributed by atoms with E-state index in [1.807, 2.05) is 14.1 Å². The summed E-state index contributed by atoms with van der Waals surface area (Å²) < 4.78 is 23.9. The molecule has 3 aliphatic heterocycles. The predicted octanol–water partition coefficient (Wildman–Crippen LogP) is 14.6. The summed E-state index contributed by atoms with van der Waals surface area (Å²) in [6.45, 7) is 31.5. The van der Waals surface area contributed by atoms with Crippen molar-refractivity contribution in [1.82, 2.24) is 45.3 Å². The van der Waals surface area contributed by atoms with Crippen molar-refractivity contribution in [1.29, 1.82) is 0 Å². The van der Waals surface area contributed by atoms with Gasteiger partial charge in [-0.15, -0.1) is 0 Å². The lowest BCUT2D eigenvalue weighted by molar-refractivity contribution is 0.0559. The van der Waals surface area contributed by atoms with Crippen LogP contribution in [0.25, 0.3) is 0 Å². The fourth-order valence-corrected chi connectivity index (χ4v) is 15.1.